The minimum absolute atomic E-state index is 0.144. The maximum Gasteiger partial charge on any atom is 0.367 e. The van der Waals surface area contributed by atoms with Crippen LogP contribution in [-0.2, 0) is 25.7 Å². The number of aromatic nitrogens is 4. The molecule has 2 amide bonds. The molecule has 39 heavy (non-hydrogen) atoms. The zero-order chi connectivity index (χ0) is 27.8. The second kappa shape index (κ2) is 10.5. The number of carboxylic acid groups (broad SMARTS) is 2. The van der Waals surface area contributed by atoms with Crippen LogP contribution in [0.5, 0.6) is 0 Å². The molecule has 3 atom stereocenters. The van der Waals surface area contributed by atoms with E-state index in [1.165, 1.54) is 17.8 Å². The maximum atomic E-state index is 12.9. The van der Waals surface area contributed by atoms with Crippen LogP contribution in [0, 0.1) is 0 Å². The molecule has 0 aliphatic carbocycles. The van der Waals surface area contributed by atoms with Crippen LogP contribution in [0.25, 0.3) is 5.65 Å². The van der Waals surface area contributed by atoms with E-state index in [1.807, 2.05) is 0 Å². The van der Waals surface area contributed by atoms with Gasteiger partial charge in [-0.15, -0.1) is 28.6 Å². The third-order valence-electron chi connectivity index (χ3n) is 6.01. The average Bonchev–Trinajstić information content (AvgIpc) is 3.23. The summed E-state index contributed by atoms with van der Waals surface area (Å²) < 4.78 is 1.73. The van der Waals surface area contributed by atoms with Gasteiger partial charge in [0.1, 0.15) is 28.7 Å². The van der Waals surface area contributed by atoms with Crippen molar-refractivity contribution in [2.24, 2.45) is 0 Å². The van der Waals surface area contributed by atoms with Crippen LogP contribution < -0.4 is 11.0 Å². The van der Waals surface area contributed by atoms with E-state index in [0.29, 0.717) is 16.2 Å². The Hall–Kier alpha value is -4.15. The fraction of sp³-hybridized carbons (Fsp3) is 0.261. The lowest BCUT2D eigenvalue weighted by Crippen LogP contribution is -2.70. The van der Waals surface area contributed by atoms with Crippen molar-refractivity contribution in [2.75, 3.05) is 11.5 Å². The first-order chi connectivity index (χ1) is 18.7. The van der Waals surface area contributed by atoms with Gasteiger partial charge in [0.2, 0.25) is 0 Å². The largest absolute Gasteiger partial charge is 0.480 e. The van der Waals surface area contributed by atoms with Gasteiger partial charge in [-0.05, 0) is 23.3 Å². The SMILES string of the molecule is O=C(O)Cn1nc2ccc(SCC3=C(C(=O)O)N4C(=O)C(NC(=O)[C@H](O)c5ccccc5)[C@H]4SC3)nn2c1=O. The number of nitrogens with one attached hydrogen (secondary N) is 1. The molecule has 2 aliphatic heterocycles. The number of rotatable bonds is 9. The summed E-state index contributed by atoms with van der Waals surface area (Å²) in [5, 5.41) is 39.4. The van der Waals surface area contributed by atoms with Gasteiger partial charge in [-0.25, -0.2) is 9.59 Å². The zero-order valence-corrected chi connectivity index (χ0v) is 21.5. The molecule has 0 bridgehead atoms. The lowest BCUT2D eigenvalue weighted by atomic mass is 10.0. The van der Waals surface area contributed by atoms with Gasteiger partial charge in [-0.1, -0.05) is 30.3 Å². The number of aliphatic carboxylic acids is 2. The Balaban J connectivity index is 1.29. The van der Waals surface area contributed by atoms with Gasteiger partial charge < -0.3 is 20.6 Å². The quantitative estimate of drug-likeness (QED) is 0.190. The normalized spacial score (nSPS) is 19.4. The first-order valence-electron chi connectivity index (χ1n) is 11.4. The van der Waals surface area contributed by atoms with Crippen molar-refractivity contribution in [1.82, 2.24) is 29.6 Å². The molecule has 0 spiro atoms. The summed E-state index contributed by atoms with van der Waals surface area (Å²) in [4.78, 5) is 62.0. The summed E-state index contributed by atoms with van der Waals surface area (Å²) in [6.45, 7) is -0.617. The van der Waals surface area contributed by atoms with Crippen LogP contribution in [0.15, 0.2) is 63.6 Å². The van der Waals surface area contributed by atoms with Crippen molar-refractivity contribution >= 4 is 52.9 Å². The number of carboxylic acids is 2. The van der Waals surface area contributed by atoms with Gasteiger partial charge in [0.15, 0.2) is 11.8 Å². The summed E-state index contributed by atoms with van der Waals surface area (Å²) in [6.07, 6.45) is -1.48. The van der Waals surface area contributed by atoms with Crippen molar-refractivity contribution < 1.29 is 34.5 Å². The van der Waals surface area contributed by atoms with Gasteiger partial charge in [-0.2, -0.15) is 14.3 Å². The van der Waals surface area contributed by atoms with Crippen LogP contribution in [0.4, 0.5) is 0 Å². The summed E-state index contributed by atoms with van der Waals surface area (Å²) in [5.41, 5.74) is 0.0605. The van der Waals surface area contributed by atoms with Crippen molar-refractivity contribution in [1.29, 1.82) is 0 Å². The Labute approximate surface area is 227 Å². The average molecular weight is 573 g/mol. The predicted molar refractivity (Wildman–Crippen MR) is 137 cm³/mol. The lowest BCUT2D eigenvalue weighted by Gasteiger charge is -2.49. The van der Waals surface area contributed by atoms with Crippen LogP contribution >= 0.6 is 23.5 Å². The van der Waals surface area contributed by atoms with Crippen molar-refractivity contribution in [3.8, 4) is 0 Å². The molecule has 2 aromatic heterocycles. The topological polar surface area (TPSA) is 196 Å². The van der Waals surface area contributed by atoms with E-state index in [2.05, 4.69) is 15.5 Å². The van der Waals surface area contributed by atoms with Gasteiger partial charge in [0.25, 0.3) is 11.8 Å². The van der Waals surface area contributed by atoms with E-state index in [4.69, 9.17) is 5.11 Å². The molecule has 5 rings (SSSR count). The molecular formula is C23H20N6O8S2. The van der Waals surface area contributed by atoms with Gasteiger partial charge in [0, 0.05) is 11.5 Å². The minimum atomic E-state index is -1.48. The monoisotopic (exact) mass is 572 g/mol. The first kappa shape index (κ1) is 26.5. The maximum absolute atomic E-state index is 12.9. The minimum Gasteiger partial charge on any atom is -0.480 e. The third-order valence-corrected chi connectivity index (χ3v) is 8.35. The fourth-order valence-electron chi connectivity index (χ4n) is 4.17. The molecule has 0 saturated carbocycles. The Morgan fingerprint density at radius 2 is 1.85 bits per heavy atom. The molecular weight excluding hydrogens is 552 g/mol. The second-order valence-corrected chi connectivity index (χ2v) is 10.6. The Bertz CT molecular complexity index is 1590. The van der Waals surface area contributed by atoms with Crippen LogP contribution in [-0.4, -0.2) is 86.3 Å². The van der Waals surface area contributed by atoms with Crippen LogP contribution in [0.3, 0.4) is 0 Å². The Morgan fingerprint density at radius 1 is 1.10 bits per heavy atom. The number of carbonyl (C=O) groups excluding carboxylic acids is 2. The van der Waals surface area contributed by atoms with Crippen LogP contribution in [0.1, 0.15) is 11.7 Å². The number of carbonyl (C=O) groups is 4. The number of amides is 2. The van der Waals surface area contributed by atoms with Gasteiger partial charge in [-0.3, -0.25) is 19.3 Å². The number of fused-ring (bicyclic) bond motifs is 2. The summed E-state index contributed by atoms with van der Waals surface area (Å²) in [7, 11) is 0. The van der Waals surface area contributed by atoms with E-state index < -0.39 is 53.5 Å². The summed E-state index contributed by atoms with van der Waals surface area (Å²) in [5.74, 6) is -3.48. The lowest BCUT2D eigenvalue weighted by molar-refractivity contribution is -0.151. The predicted octanol–water partition coefficient (Wildman–Crippen LogP) is -0.460. The zero-order valence-electron chi connectivity index (χ0n) is 19.8. The van der Waals surface area contributed by atoms with Crippen molar-refractivity contribution in [2.45, 2.75) is 29.1 Å². The molecule has 14 nitrogen and oxygen atoms in total. The van der Waals surface area contributed by atoms with E-state index in [-0.39, 0.29) is 22.8 Å². The Morgan fingerprint density at radius 3 is 2.54 bits per heavy atom. The highest BCUT2D eigenvalue weighted by atomic mass is 32.2. The van der Waals surface area contributed by atoms with Crippen molar-refractivity contribution in [3.63, 3.8) is 0 Å². The first-order valence-corrected chi connectivity index (χ1v) is 13.4. The van der Waals surface area contributed by atoms with E-state index in [0.717, 1.165) is 25.9 Å². The standard InChI is InChI=1S/C23H20N6O8S2/c30-15(31)8-27-23(37)29-13(25-27)6-7-14(26-29)38-9-12-10-39-21-16(20(34)28(21)17(12)22(35)36)24-19(33)18(32)11-4-2-1-3-5-11/h1-7,16,18,21,32H,8-10H2,(H,24,33)(H,30,31)(H,35,36)/t16?,18-,21-/m1/s1. The number of thioether (sulfide) groups is 2. The summed E-state index contributed by atoms with van der Waals surface area (Å²) in [6, 6.07) is 10.3. The second-order valence-electron chi connectivity index (χ2n) is 8.53. The van der Waals surface area contributed by atoms with Crippen LogP contribution in [0.2, 0.25) is 0 Å². The molecule has 0 radical (unpaired) electrons. The molecule has 1 aromatic carbocycles. The van der Waals surface area contributed by atoms with Gasteiger partial charge in [0.05, 0.1) is 0 Å². The van der Waals surface area contributed by atoms with E-state index in [1.54, 1.807) is 36.4 Å². The van der Waals surface area contributed by atoms with E-state index in [9.17, 15) is 34.2 Å². The smallest absolute Gasteiger partial charge is 0.367 e. The Kier molecular flexibility index (Phi) is 7.16. The number of aliphatic hydroxyl groups excluding tert-OH is 1. The molecule has 3 aromatic rings. The molecule has 2 aliphatic rings. The molecule has 202 valence electrons. The highest BCUT2D eigenvalue weighted by molar-refractivity contribution is 8.01. The van der Waals surface area contributed by atoms with Crippen molar-refractivity contribution in [3.05, 3.63) is 69.8 Å². The number of nitrogens with zero attached hydrogens (tertiary/aromatic N) is 5. The van der Waals surface area contributed by atoms with Gasteiger partial charge >= 0.3 is 17.6 Å². The molecule has 4 N–H and O–H groups in total. The number of benzene rings is 1. The summed E-state index contributed by atoms with van der Waals surface area (Å²) >= 11 is 2.42. The molecule has 1 saturated heterocycles. The highest BCUT2D eigenvalue weighted by Gasteiger charge is 2.54. The highest BCUT2D eigenvalue weighted by Crippen LogP contribution is 2.41. The molecule has 1 unspecified atom stereocenters. The number of hydrogen-bond acceptors (Lipinski definition) is 10. The molecule has 4 heterocycles. The van der Waals surface area contributed by atoms with E-state index >= 15 is 0 Å². The number of β-lactam (4-membered cyclic amide) rings is 1. The molecule has 1 fully saturated rings. The third kappa shape index (κ3) is 5.00. The fourth-order valence-corrected chi connectivity index (χ4v) is 6.51. The number of hydrogen-bond donors (Lipinski definition) is 4. The molecule has 16 heteroatoms. The number of aliphatic hydroxyl groups is 1.